The minimum Gasteiger partial charge on any atom is -0.493 e. The van der Waals surface area contributed by atoms with E-state index in [-0.39, 0.29) is 5.75 Å². The van der Waals surface area contributed by atoms with E-state index in [1.165, 1.54) is 19.5 Å². The zero-order chi connectivity index (χ0) is 22.3. The Labute approximate surface area is 184 Å². The number of hydrogen-bond donors (Lipinski definition) is 1. The summed E-state index contributed by atoms with van der Waals surface area (Å²) < 4.78 is 20.3. The maximum atomic E-state index is 15.0. The van der Waals surface area contributed by atoms with Gasteiger partial charge in [0, 0.05) is 29.7 Å². The summed E-state index contributed by atoms with van der Waals surface area (Å²) in [5.74, 6) is 0.0592. The van der Waals surface area contributed by atoms with Gasteiger partial charge in [0.15, 0.2) is 11.6 Å². The first kappa shape index (κ1) is 19.8. The molecule has 1 aliphatic heterocycles. The van der Waals surface area contributed by atoms with E-state index in [1.807, 2.05) is 49.4 Å². The molecule has 0 spiro atoms. The van der Waals surface area contributed by atoms with Gasteiger partial charge in [-0.15, -0.1) is 0 Å². The molecule has 5 rings (SSSR count). The number of amidine groups is 1. The molecule has 2 N–H and O–H groups in total. The summed E-state index contributed by atoms with van der Waals surface area (Å²) in [6, 6.07) is 15.0. The highest BCUT2D eigenvalue weighted by atomic mass is 19.1. The predicted octanol–water partition coefficient (Wildman–Crippen LogP) is 4.01. The van der Waals surface area contributed by atoms with Crippen LogP contribution in [0.1, 0.15) is 27.9 Å². The highest BCUT2D eigenvalue weighted by Gasteiger charge is 2.44. The zero-order valence-electron chi connectivity index (χ0n) is 17.6. The Morgan fingerprint density at radius 3 is 2.53 bits per heavy atom. The number of benzene rings is 2. The molecule has 32 heavy (non-hydrogen) atoms. The molecule has 158 valence electrons. The van der Waals surface area contributed by atoms with Crippen LogP contribution < -0.4 is 10.5 Å². The number of aliphatic imine (C=N–C) groups is 1. The number of nitrogens with two attached hydrogens (primary N) is 1. The number of pyridine rings is 1. The van der Waals surface area contributed by atoms with Gasteiger partial charge in [0.1, 0.15) is 23.4 Å². The van der Waals surface area contributed by atoms with Crippen LogP contribution in [0.2, 0.25) is 0 Å². The van der Waals surface area contributed by atoms with Crippen molar-refractivity contribution in [3.05, 3.63) is 107 Å². The number of aromatic nitrogens is 3. The van der Waals surface area contributed by atoms with Crippen LogP contribution >= 0.6 is 0 Å². The Morgan fingerprint density at radius 2 is 1.78 bits per heavy atom. The van der Waals surface area contributed by atoms with Crippen molar-refractivity contribution in [2.75, 3.05) is 7.11 Å². The van der Waals surface area contributed by atoms with Gasteiger partial charge in [0.05, 0.1) is 7.11 Å². The van der Waals surface area contributed by atoms with E-state index in [1.54, 1.807) is 18.6 Å². The number of fused-ring (bicyclic) bond motifs is 1. The summed E-state index contributed by atoms with van der Waals surface area (Å²) in [6.45, 7) is 1.81. The van der Waals surface area contributed by atoms with Crippen molar-refractivity contribution in [1.82, 2.24) is 15.0 Å². The SMILES string of the molecule is COc1c(C)cc(C2(c3cccc(-c4cncnc4)c3)N=C(N)c3ncccc32)cc1F. The van der Waals surface area contributed by atoms with Gasteiger partial charge in [-0.25, -0.2) is 19.4 Å². The van der Waals surface area contributed by atoms with E-state index in [0.717, 1.165) is 22.3 Å². The van der Waals surface area contributed by atoms with Crippen molar-refractivity contribution < 1.29 is 9.13 Å². The van der Waals surface area contributed by atoms with Gasteiger partial charge in [-0.2, -0.15) is 0 Å². The number of methoxy groups -OCH3 is 1. The van der Waals surface area contributed by atoms with E-state index in [0.29, 0.717) is 22.7 Å². The van der Waals surface area contributed by atoms with Gasteiger partial charge < -0.3 is 10.5 Å². The maximum absolute atomic E-state index is 15.0. The second-order valence-electron chi connectivity index (χ2n) is 7.62. The van der Waals surface area contributed by atoms with Crippen molar-refractivity contribution in [3.63, 3.8) is 0 Å². The summed E-state index contributed by atoms with van der Waals surface area (Å²) >= 11 is 0. The molecular formula is C25H20FN5O. The Kier molecular flexibility index (Phi) is 4.66. The third kappa shape index (κ3) is 2.93. The molecule has 6 nitrogen and oxygen atoms in total. The van der Waals surface area contributed by atoms with Crippen LogP contribution in [0.15, 0.2) is 78.4 Å². The van der Waals surface area contributed by atoms with E-state index in [2.05, 4.69) is 15.0 Å². The third-order valence-corrected chi connectivity index (χ3v) is 5.75. The minimum atomic E-state index is -1.06. The smallest absolute Gasteiger partial charge is 0.165 e. The van der Waals surface area contributed by atoms with Crippen LogP contribution in [-0.4, -0.2) is 27.9 Å². The average Bonchev–Trinajstić information content (AvgIpc) is 3.13. The van der Waals surface area contributed by atoms with Gasteiger partial charge in [-0.05, 0) is 53.4 Å². The highest BCUT2D eigenvalue weighted by Crippen LogP contribution is 2.47. The van der Waals surface area contributed by atoms with Crippen LogP contribution in [0, 0.1) is 12.7 Å². The summed E-state index contributed by atoms with van der Waals surface area (Å²) in [4.78, 5) is 17.6. The molecule has 3 heterocycles. The minimum absolute atomic E-state index is 0.209. The first-order chi connectivity index (χ1) is 15.5. The van der Waals surface area contributed by atoms with Gasteiger partial charge >= 0.3 is 0 Å². The zero-order valence-corrected chi connectivity index (χ0v) is 17.6. The molecule has 7 heteroatoms. The molecule has 0 fully saturated rings. The molecule has 2 aromatic heterocycles. The molecule has 0 radical (unpaired) electrons. The molecule has 2 aromatic carbocycles. The van der Waals surface area contributed by atoms with Gasteiger partial charge in [-0.1, -0.05) is 24.3 Å². The lowest BCUT2D eigenvalue weighted by Gasteiger charge is -2.30. The number of aryl methyl sites for hydroxylation is 1. The van der Waals surface area contributed by atoms with Gasteiger partial charge in [-0.3, -0.25) is 4.98 Å². The molecular weight excluding hydrogens is 405 g/mol. The van der Waals surface area contributed by atoms with Crippen molar-refractivity contribution in [2.45, 2.75) is 12.5 Å². The largest absolute Gasteiger partial charge is 0.493 e. The fourth-order valence-corrected chi connectivity index (χ4v) is 4.37. The van der Waals surface area contributed by atoms with Crippen molar-refractivity contribution in [2.24, 2.45) is 10.7 Å². The molecule has 1 unspecified atom stereocenters. The van der Waals surface area contributed by atoms with Crippen LogP contribution in [0.5, 0.6) is 5.75 Å². The normalized spacial score (nSPS) is 17.0. The Morgan fingerprint density at radius 1 is 0.969 bits per heavy atom. The second-order valence-corrected chi connectivity index (χ2v) is 7.62. The molecule has 0 bridgehead atoms. The number of rotatable bonds is 4. The lowest BCUT2D eigenvalue weighted by molar-refractivity contribution is 0.382. The molecule has 1 atom stereocenters. The lowest BCUT2D eigenvalue weighted by atomic mass is 9.77. The van der Waals surface area contributed by atoms with Crippen molar-refractivity contribution in [1.29, 1.82) is 0 Å². The second kappa shape index (κ2) is 7.53. The number of hydrogen-bond acceptors (Lipinski definition) is 6. The lowest BCUT2D eigenvalue weighted by Crippen LogP contribution is -2.26. The Bertz CT molecular complexity index is 1330. The Balaban J connectivity index is 1.82. The van der Waals surface area contributed by atoms with Crippen molar-refractivity contribution >= 4 is 5.84 Å². The summed E-state index contributed by atoms with van der Waals surface area (Å²) in [7, 11) is 1.46. The average molecular weight is 425 g/mol. The van der Waals surface area contributed by atoms with Crippen LogP contribution in [0.25, 0.3) is 11.1 Å². The summed E-state index contributed by atoms with van der Waals surface area (Å²) in [5, 5.41) is 0. The number of halogens is 1. The molecule has 4 aromatic rings. The summed E-state index contributed by atoms with van der Waals surface area (Å²) in [6.07, 6.45) is 6.66. The van der Waals surface area contributed by atoms with Gasteiger partial charge in [0.2, 0.25) is 0 Å². The first-order valence-corrected chi connectivity index (χ1v) is 10.1. The molecule has 1 aliphatic rings. The number of nitrogens with zero attached hydrogens (tertiary/aromatic N) is 4. The fourth-order valence-electron chi connectivity index (χ4n) is 4.37. The molecule has 0 amide bonds. The van der Waals surface area contributed by atoms with E-state index in [4.69, 9.17) is 15.5 Å². The van der Waals surface area contributed by atoms with Crippen molar-refractivity contribution in [3.8, 4) is 16.9 Å². The van der Waals surface area contributed by atoms with Crippen LogP contribution in [-0.2, 0) is 5.54 Å². The molecule has 0 aliphatic carbocycles. The topological polar surface area (TPSA) is 86.3 Å². The first-order valence-electron chi connectivity index (χ1n) is 10.1. The van der Waals surface area contributed by atoms with Crippen LogP contribution in [0.4, 0.5) is 4.39 Å². The third-order valence-electron chi connectivity index (χ3n) is 5.75. The standard InChI is InChI=1S/C25H20FN5O/c1-15-9-19(11-21(26)23(15)32-2)25(20-7-4-8-30-22(20)24(27)31-25)18-6-3-5-16(10-18)17-12-28-14-29-13-17/h3-14H,1-2H3,(H2,27,31). The van der Waals surface area contributed by atoms with Crippen LogP contribution in [0.3, 0.4) is 0 Å². The molecule has 0 saturated heterocycles. The van der Waals surface area contributed by atoms with E-state index < -0.39 is 11.4 Å². The molecule has 0 saturated carbocycles. The van der Waals surface area contributed by atoms with E-state index in [9.17, 15) is 0 Å². The quantitative estimate of drug-likeness (QED) is 0.534. The Hall–Kier alpha value is -4.13. The predicted molar refractivity (Wildman–Crippen MR) is 120 cm³/mol. The maximum Gasteiger partial charge on any atom is 0.165 e. The van der Waals surface area contributed by atoms with Gasteiger partial charge in [0.25, 0.3) is 0 Å². The number of ether oxygens (including phenoxy) is 1. The fraction of sp³-hybridized carbons (Fsp3) is 0.120. The highest BCUT2D eigenvalue weighted by molar-refractivity contribution is 6.01. The summed E-state index contributed by atoms with van der Waals surface area (Å²) in [5.41, 5.74) is 10.6. The van der Waals surface area contributed by atoms with E-state index >= 15 is 4.39 Å². The monoisotopic (exact) mass is 425 g/mol.